The third-order valence-corrected chi connectivity index (χ3v) is 3.52. The number of aromatic nitrogens is 1. The molecule has 108 valence electrons. The smallest absolute Gasteiger partial charge is 0.311 e. The summed E-state index contributed by atoms with van der Waals surface area (Å²) >= 11 is 5.94. The van der Waals surface area contributed by atoms with E-state index in [1.807, 2.05) is 0 Å². The number of nitrogens with zero attached hydrogens (tertiary/aromatic N) is 1. The summed E-state index contributed by atoms with van der Waals surface area (Å²) in [4.78, 5) is 26.9. The van der Waals surface area contributed by atoms with E-state index >= 15 is 0 Å². The van der Waals surface area contributed by atoms with Gasteiger partial charge in [-0.05, 0) is 25.8 Å². The Kier molecular flexibility index (Phi) is 4.13. The van der Waals surface area contributed by atoms with Crippen LogP contribution in [-0.4, -0.2) is 35.1 Å². The Balaban J connectivity index is 1.99. The first-order valence-corrected chi connectivity index (χ1v) is 6.66. The maximum Gasteiger partial charge on any atom is 0.311 e. The molecule has 7 heteroatoms. The lowest BCUT2D eigenvalue weighted by Gasteiger charge is -2.11. The number of carboxylic acid groups (broad SMARTS) is 1. The van der Waals surface area contributed by atoms with Crippen molar-refractivity contribution < 1.29 is 19.4 Å². The van der Waals surface area contributed by atoms with Gasteiger partial charge in [-0.2, -0.15) is 0 Å². The highest BCUT2D eigenvalue weighted by molar-refractivity contribution is 6.32. The van der Waals surface area contributed by atoms with Crippen LogP contribution >= 0.6 is 11.6 Å². The van der Waals surface area contributed by atoms with E-state index in [9.17, 15) is 9.59 Å². The van der Waals surface area contributed by atoms with Gasteiger partial charge in [0.05, 0.1) is 17.6 Å². The fourth-order valence-corrected chi connectivity index (χ4v) is 1.98. The number of carbonyl (C=O) groups excluding carboxylic acids is 1. The van der Waals surface area contributed by atoms with E-state index < -0.39 is 17.3 Å². The third kappa shape index (κ3) is 3.01. The quantitative estimate of drug-likeness (QED) is 0.835. The second-order valence-corrected chi connectivity index (χ2v) is 5.12. The minimum Gasteiger partial charge on any atom is -0.481 e. The van der Waals surface area contributed by atoms with Crippen molar-refractivity contribution in [3.63, 3.8) is 0 Å². The predicted molar refractivity (Wildman–Crippen MR) is 72.1 cm³/mol. The molecule has 2 rings (SSSR count). The van der Waals surface area contributed by atoms with Gasteiger partial charge >= 0.3 is 5.97 Å². The highest BCUT2D eigenvalue weighted by Gasteiger charge is 2.50. The van der Waals surface area contributed by atoms with Gasteiger partial charge in [-0.3, -0.25) is 9.59 Å². The lowest BCUT2D eigenvalue weighted by Crippen LogP contribution is -2.34. The molecule has 20 heavy (non-hydrogen) atoms. The Hall–Kier alpha value is -1.82. The van der Waals surface area contributed by atoms with E-state index in [0.717, 1.165) is 0 Å². The van der Waals surface area contributed by atoms with Gasteiger partial charge in [0, 0.05) is 12.7 Å². The molecule has 1 aromatic heterocycles. The topological polar surface area (TPSA) is 88.5 Å². The van der Waals surface area contributed by atoms with E-state index in [0.29, 0.717) is 19.4 Å². The van der Waals surface area contributed by atoms with Crippen LogP contribution in [-0.2, 0) is 4.79 Å². The van der Waals surface area contributed by atoms with Crippen LogP contribution in [0.2, 0.25) is 5.02 Å². The Morgan fingerprint density at radius 3 is 2.75 bits per heavy atom. The first kappa shape index (κ1) is 14.6. The summed E-state index contributed by atoms with van der Waals surface area (Å²) in [7, 11) is 0. The number of hydrogen-bond donors (Lipinski definition) is 2. The van der Waals surface area contributed by atoms with Crippen LogP contribution < -0.4 is 10.1 Å². The number of rotatable bonds is 6. The highest BCUT2D eigenvalue weighted by atomic mass is 35.5. The molecule has 0 aromatic carbocycles. The van der Waals surface area contributed by atoms with Crippen molar-refractivity contribution in [2.75, 3.05) is 13.2 Å². The Morgan fingerprint density at radius 1 is 1.55 bits per heavy atom. The standard InChI is InChI=1S/C13H15ClN2O4/c1-2-20-11-9(14)5-8(6-15-11)10(17)16-7-13(3-4-13)12(18)19/h5-6H,2-4,7H2,1H3,(H,16,17)(H,18,19). The highest BCUT2D eigenvalue weighted by Crippen LogP contribution is 2.45. The largest absolute Gasteiger partial charge is 0.481 e. The number of pyridine rings is 1. The summed E-state index contributed by atoms with van der Waals surface area (Å²) in [6, 6.07) is 1.45. The van der Waals surface area contributed by atoms with Crippen molar-refractivity contribution in [3.05, 3.63) is 22.8 Å². The lowest BCUT2D eigenvalue weighted by molar-refractivity contribution is -0.143. The number of amides is 1. The normalized spacial score (nSPS) is 15.5. The van der Waals surface area contributed by atoms with Gasteiger partial charge in [0.25, 0.3) is 5.91 Å². The Bertz CT molecular complexity index is 543. The Morgan fingerprint density at radius 2 is 2.25 bits per heavy atom. The van der Waals surface area contributed by atoms with Gasteiger partial charge in [-0.1, -0.05) is 11.6 Å². The number of nitrogens with one attached hydrogen (secondary N) is 1. The summed E-state index contributed by atoms with van der Waals surface area (Å²) in [6.45, 7) is 2.35. The molecule has 0 radical (unpaired) electrons. The number of ether oxygens (including phenoxy) is 1. The van der Waals surface area contributed by atoms with Gasteiger partial charge in [0.1, 0.15) is 5.02 Å². The molecule has 1 heterocycles. The predicted octanol–water partition coefficient (Wildman–Crippen LogP) is 1.73. The number of carbonyl (C=O) groups is 2. The summed E-state index contributed by atoms with van der Waals surface area (Å²) in [6.07, 6.45) is 2.53. The molecule has 1 saturated carbocycles. The van der Waals surface area contributed by atoms with Crippen molar-refractivity contribution in [1.29, 1.82) is 0 Å². The number of halogens is 1. The van der Waals surface area contributed by atoms with Crippen molar-refractivity contribution in [2.24, 2.45) is 5.41 Å². The summed E-state index contributed by atoms with van der Waals surface area (Å²) < 4.78 is 5.17. The van der Waals surface area contributed by atoms with Gasteiger partial charge in [0.2, 0.25) is 5.88 Å². The van der Waals surface area contributed by atoms with E-state index in [1.54, 1.807) is 6.92 Å². The van der Waals surface area contributed by atoms with Crippen molar-refractivity contribution >= 4 is 23.5 Å². The summed E-state index contributed by atoms with van der Waals surface area (Å²) in [5.41, 5.74) is -0.516. The van der Waals surface area contributed by atoms with Gasteiger partial charge < -0.3 is 15.2 Å². The van der Waals surface area contributed by atoms with Crippen LogP contribution in [0.5, 0.6) is 5.88 Å². The number of hydrogen-bond acceptors (Lipinski definition) is 4. The minimum absolute atomic E-state index is 0.117. The number of aliphatic carboxylic acids is 1. The maximum atomic E-state index is 11.9. The second-order valence-electron chi connectivity index (χ2n) is 4.71. The molecule has 0 unspecified atom stereocenters. The molecule has 0 bridgehead atoms. The molecule has 1 aliphatic carbocycles. The molecule has 6 nitrogen and oxygen atoms in total. The lowest BCUT2D eigenvalue weighted by atomic mass is 10.1. The molecule has 0 aliphatic heterocycles. The molecular formula is C13H15ClN2O4. The minimum atomic E-state index is -0.874. The van der Waals surface area contributed by atoms with Crippen molar-refractivity contribution in [3.8, 4) is 5.88 Å². The summed E-state index contributed by atoms with van der Waals surface area (Å²) in [5.74, 6) is -0.995. The maximum absolute atomic E-state index is 11.9. The van der Waals surface area contributed by atoms with Crippen LogP contribution in [0.25, 0.3) is 0 Å². The van der Waals surface area contributed by atoms with Crippen LogP contribution in [0, 0.1) is 5.41 Å². The SMILES string of the molecule is CCOc1ncc(C(=O)NCC2(C(=O)O)CC2)cc1Cl. The average molecular weight is 299 g/mol. The Labute approximate surface area is 121 Å². The van der Waals surface area contributed by atoms with E-state index in [4.69, 9.17) is 21.4 Å². The van der Waals surface area contributed by atoms with Gasteiger partial charge in [-0.15, -0.1) is 0 Å². The molecular weight excluding hydrogens is 284 g/mol. The van der Waals surface area contributed by atoms with Crippen LogP contribution in [0.3, 0.4) is 0 Å². The van der Waals surface area contributed by atoms with Gasteiger partial charge in [-0.25, -0.2) is 4.98 Å². The fourth-order valence-electron chi connectivity index (χ4n) is 1.76. The van der Waals surface area contributed by atoms with Gasteiger partial charge in [0.15, 0.2) is 0 Å². The van der Waals surface area contributed by atoms with Crippen LogP contribution in [0.15, 0.2) is 12.3 Å². The monoisotopic (exact) mass is 298 g/mol. The third-order valence-electron chi connectivity index (χ3n) is 3.25. The van der Waals surface area contributed by atoms with Crippen molar-refractivity contribution in [1.82, 2.24) is 10.3 Å². The van der Waals surface area contributed by atoms with Crippen molar-refractivity contribution in [2.45, 2.75) is 19.8 Å². The second kappa shape index (κ2) is 5.66. The van der Waals surface area contributed by atoms with E-state index in [2.05, 4.69) is 10.3 Å². The first-order valence-electron chi connectivity index (χ1n) is 6.28. The molecule has 1 aromatic rings. The molecule has 2 N–H and O–H groups in total. The van der Waals surface area contributed by atoms with Crippen LogP contribution in [0.4, 0.5) is 0 Å². The van der Waals surface area contributed by atoms with E-state index in [-0.39, 0.29) is 23.0 Å². The molecule has 0 spiro atoms. The average Bonchev–Trinajstić information content (AvgIpc) is 3.20. The molecule has 1 amide bonds. The zero-order chi connectivity index (χ0) is 14.8. The first-order chi connectivity index (χ1) is 9.48. The fraction of sp³-hybridized carbons (Fsp3) is 0.462. The summed E-state index contributed by atoms with van der Waals surface area (Å²) in [5, 5.41) is 11.9. The molecule has 1 aliphatic rings. The molecule has 0 saturated heterocycles. The molecule has 0 atom stereocenters. The molecule has 1 fully saturated rings. The number of carboxylic acids is 1. The van der Waals surface area contributed by atoms with Crippen LogP contribution in [0.1, 0.15) is 30.1 Å². The zero-order valence-electron chi connectivity index (χ0n) is 11.0. The zero-order valence-corrected chi connectivity index (χ0v) is 11.7. The van der Waals surface area contributed by atoms with E-state index in [1.165, 1.54) is 12.3 Å².